The summed E-state index contributed by atoms with van der Waals surface area (Å²) in [6.07, 6.45) is -10.9. The number of carbonyl (C=O) groups is 3. The van der Waals surface area contributed by atoms with E-state index >= 15 is 8.78 Å². The summed E-state index contributed by atoms with van der Waals surface area (Å²) < 4.78 is 171. The first-order valence-electron chi connectivity index (χ1n) is 21.4. The first-order chi connectivity index (χ1) is 33.4. The number of amides is 3. The maximum absolute atomic E-state index is 15.1. The lowest BCUT2D eigenvalue weighted by Gasteiger charge is -2.24. The van der Waals surface area contributed by atoms with Gasteiger partial charge < -0.3 is 15.3 Å². The number of hydrogen-bond acceptors (Lipinski definition) is 8. The van der Waals surface area contributed by atoms with Crippen LogP contribution in [-0.4, -0.2) is 97.9 Å². The molecule has 3 amide bonds. The van der Waals surface area contributed by atoms with Crippen molar-refractivity contribution in [1.82, 2.24) is 34.8 Å². The number of nitrogens with zero attached hydrogens (tertiary/aromatic N) is 7. The van der Waals surface area contributed by atoms with Crippen molar-refractivity contribution in [1.29, 1.82) is 0 Å². The lowest BCUT2D eigenvalue weighted by Crippen LogP contribution is -2.43. The molecular formula is C45H45ClF10N8O6S2. The predicted octanol–water partition coefficient (Wildman–Crippen LogP) is 9.11. The molecule has 0 saturated carbocycles. The van der Waals surface area contributed by atoms with Gasteiger partial charge in [0.15, 0.2) is 11.5 Å². The summed E-state index contributed by atoms with van der Waals surface area (Å²) in [6, 6.07) is 4.16. The number of carboxylic acids is 1. The van der Waals surface area contributed by atoms with Gasteiger partial charge in [-0.25, -0.2) is 22.8 Å². The topological polar surface area (TPSA) is 173 Å². The van der Waals surface area contributed by atoms with E-state index < -0.39 is 159 Å². The number of aliphatic carboxylic acids is 1. The highest BCUT2D eigenvalue weighted by molar-refractivity contribution is 7.86. The van der Waals surface area contributed by atoms with Crippen molar-refractivity contribution in [2.24, 2.45) is 0 Å². The Morgan fingerprint density at radius 1 is 0.958 bits per heavy atom. The standard InChI is InChI=1S/C43H39ClF10N8O6S2.C2H6/c1-40(2,69(4)67)13-10-25-6-7-26(27-8-9-29(44)33-35(27)61(21-42(49,50)51)58-38(33)62(70(5)68)39(66)59(3)15-12-32(64)65)34(55-25)30(18-22-16-23(45)19-24(46)17-22)56-31(63)20-60-37-28(11-14-41(37,47)48)36(57-60)43(52,53)54;1-2/h6-9,16-17,19,30H,11-12,14-15,18,20-21H2,1-5H3,(H,56,63)(H,64,65);1-2H3. The van der Waals surface area contributed by atoms with Crippen LogP contribution in [0.4, 0.5) is 54.5 Å². The molecule has 0 spiro atoms. The third-order valence-electron chi connectivity index (χ3n) is 10.9. The van der Waals surface area contributed by atoms with Gasteiger partial charge in [0, 0.05) is 66.1 Å². The van der Waals surface area contributed by atoms with Gasteiger partial charge in [-0.3, -0.25) is 23.2 Å². The smallest absolute Gasteiger partial charge is 0.435 e. The number of hydrogen-bond donors (Lipinski definition) is 2. The number of carboxylic acid groups (broad SMARTS) is 1. The number of anilines is 1. The molecule has 1 aliphatic rings. The molecule has 5 aromatic rings. The Kier molecular flexibility index (Phi) is 17.3. The Bertz CT molecular complexity index is 3000. The second kappa shape index (κ2) is 22.0. The fourth-order valence-electron chi connectivity index (χ4n) is 7.51. The number of aromatic nitrogens is 5. The maximum atomic E-state index is 15.1. The summed E-state index contributed by atoms with van der Waals surface area (Å²) in [6.45, 7) is 3.44. The van der Waals surface area contributed by atoms with Gasteiger partial charge in [0.25, 0.3) is 5.92 Å². The molecule has 3 atom stereocenters. The molecule has 72 heavy (non-hydrogen) atoms. The maximum Gasteiger partial charge on any atom is 0.435 e. The van der Waals surface area contributed by atoms with E-state index in [9.17, 15) is 63.0 Å². The van der Waals surface area contributed by atoms with Crippen LogP contribution >= 0.6 is 11.6 Å². The van der Waals surface area contributed by atoms with E-state index in [-0.39, 0.29) is 37.8 Å². The van der Waals surface area contributed by atoms with Crippen LogP contribution in [0.3, 0.4) is 0 Å². The van der Waals surface area contributed by atoms with Crippen molar-refractivity contribution in [2.45, 2.75) is 95.5 Å². The van der Waals surface area contributed by atoms with E-state index in [1.807, 2.05) is 13.8 Å². The molecule has 0 aliphatic heterocycles. The molecule has 2 aromatic carbocycles. The number of benzene rings is 2. The van der Waals surface area contributed by atoms with Crippen molar-refractivity contribution in [3.05, 3.63) is 93.0 Å². The van der Waals surface area contributed by atoms with Crippen molar-refractivity contribution < 1.29 is 71.8 Å². The SMILES string of the molecule is CC.CN(CCC(=O)O)C(=O)N(c1nn(CC(F)(F)F)c2c(-c3ccc(C#CC(C)(C)S(C)=O)nc3C(Cc3cc(F)cc(F)c3)NC(=O)Cn3nc(C(F)(F)F)c4c3C(F)(F)CC4)ccc(Cl)c12)S(C)=O. The fourth-order valence-corrected chi connectivity index (χ4v) is 8.67. The molecule has 0 bridgehead atoms. The molecule has 14 nitrogen and oxygen atoms in total. The van der Waals surface area contributed by atoms with Gasteiger partial charge in [-0.2, -0.15) is 49.6 Å². The van der Waals surface area contributed by atoms with E-state index in [1.165, 1.54) is 38.3 Å². The molecule has 390 valence electrons. The molecule has 0 saturated heterocycles. The van der Waals surface area contributed by atoms with Gasteiger partial charge in [-0.05, 0) is 68.5 Å². The molecule has 6 rings (SSSR count). The van der Waals surface area contributed by atoms with Crippen LogP contribution < -0.4 is 9.62 Å². The van der Waals surface area contributed by atoms with Crippen molar-refractivity contribution in [2.75, 3.05) is 30.4 Å². The zero-order valence-electron chi connectivity index (χ0n) is 39.2. The Morgan fingerprint density at radius 3 is 2.15 bits per heavy atom. The van der Waals surface area contributed by atoms with Crippen LogP contribution in [0, 0.1) is 23.5 Å². The molecule has 3 aromatic heterocycles. The monoisotopic (exact) mass is 1080 g/mol. The van der Waals surface area contributed by atoms with Crippen LogP contribution in [0.25, 0.3) is 22.0 Å². The van der Waals surface area contributed by atoms with Gasteiger partial charge in [-0.1, -0.05) is 37.4 Å². The number of fused-ring (bicyclic) bond motifs is 2. The van der Waals surface area contributed by atoms with Gasteiger partial charge in [0.1, 0.15) is 51.8 Å². The van der Waals surface area contributed by atoms with E-state index in [2.05, 4.69) is 32.3 Å². The highest BCUT2D eigenvalue weighted by atomic mass is 35.5. The second-order valence-corrected chi connectivity index (χ2v) is 20.0. The van der Waals surface area contributed by atoms with Crippen molar-refractivity contribution >= 4 is 68.0 Å². The second-order valence-electron chi connectivity index (χ2n) is 16.5. The minimum atomic E-state index is -5.20. The number of urea groups is 1. The minimum absolute atomic E-state index is 0.154. The van der Waals surface area contributed by atoms with E-state index in [1.54, 1.807) is 0 Å². The third kappa shape index (κ3) is 12.9. The zero-order chi connectivity index (χ0) is 54.0. The van der Waals surface area contributed by atoms with Gasteiger partial charge in [-0.15, -0.1) is 0 Å². The Balaban J connectivity index is 0.00000475. The van der Waals surface area contributed by atoms with E-state index in [0.29, 0.717) is 15.1 Å². The molecule has 3 unspecified atom stereocenters. The van der Waals surface area contributed by atoms with Crippen LogP contribution in [0.1, 0.15) is 80.5 Å². The van der Waals surface area contributed by atoms with Crippen LogP contribution in [-0.2, 0) is 69.4 Å². The predicted molar refractivity (Wildman–Crippen MR) is 248 cm³/mol. The van der Waals surface area contributed by atoms with Gasteiger partial charge in [0.2, 0.25) is 5.91 Å². The number of rotatable bonds is 14. The summed E-state index contributed by atoms with van der Waals surface area (Å²) in [7, 11) is -2.86. The molecule has 3 heterocycles. The average Bonchev–Trinajstić information content (AvgIpc) is 3.93. The third-order valence-corrected chi connectivity index (χ3v) is 13.6. The average molecular weight is 1080 g/mol. The van der Waals surface area contributed by atoms with E-state index in [0.717, 1.165) is 36.4 Å². The number of nitrogens with one attached hydrogen (secondary N) is 1. The summed E-state index contributed by atoms with van der Waals surface area (Å²) in [5, 5.41) is 18.3. The fraction of sp³-hybridized carbons (Fsp3) is 0.422. The largest absolute Gasteiger partial charge is 0.481 e. The molecule has 1 aliphatic carbocycles. The van der Waals surface area contributed by atoms with Gasteiger partial charge in [0.05, 0.1) is 34.1 Å². The summed E-state index contributed by atoms with van der Waals surface area (Å²) in [5.74, 6) is -3.86. The Hall–Kier alpha value is -6.07. The van der Waals surface area contributed by atoms with Crippen LogP contribution in [0.15, 0.2) is 42.5 Å². The first kappa shape index (κ1) is 56.8. The van der Waals surface area contributed by atoms with Gasteiger partial charge >= 0.3 is 24.4 Å². The number of alkyl halides is 8. The molecule has 27 heteroatoms. The Morgan fingerprint density at radius 2 is 1.58 bits per heavy atom. The number of pyridine rings is 1. The molecule has 0 fully saturated rings. The van der Waals surface area contributed by atoms with Crippen LogP contribution in [0.2, 0.25) is 5.02 Å². The summed E-state index contributed by atoms with van der Waals surface area (Å²) in [4.78, 5) is 44.6. The zero-order valence-corrected chi connectivity index (χ0v) is 41.6. The highest BCUT2D eigenvalue weighted by Gasteiger charge is 2.50. The molecule has 0 radical (unpaired) electrons. The van der Waals surface area contributed by atoms with Crippen molar-refractivity contribution in [3.63, 3.8) is 0 Å². The first-order valence-corrected chi connectivity index (χ1v) is 24.9. The van der Waals surface area contributed by atoms with Crippen LogP contribution in [0.5, 0.6) is 0 Å². The normalized spacial score (nSPS) is 14.6. The Labute approximate surface area is 415 Å². The van der Waals surface area contributed by atoms with E-state index in [4.69, 9.17) is 11.6 Å². The van der Waals surface area contributed by atoms with Crippen molar-refractivity contribution in [3.8, 4) is 23.0 Å². The lowest BCUT2D eigenvalue weighted by molar-refractivity contribution is -0.143. The number of halogens is 11. The lowest BCUT2D eigenvalue weighted by atomic mass is 9.93. The highest BCUT2D eigenvalue weighted by Crippen LogP contribution is 2.47. The summed E-state index contributed by atoms with van der Waals surface area (Å²) in [5.41, 5.74) is -5.32. The summed E-state index contributed by atoms with van der Waals surface area (Å²) >= 11 is 6.67. The minimum Gasteiger partial charge on any atom is -0.481 e. The molecular weight excluding hydrogens is 1040 g/mol. The number of carbonyl (C=O) groups excluding carboxylic acids is 2. The molecule has 2 N–H and O–H groups in total. The quantitative estimate of drug-likeness (QED) is 0.0813.